The zero-order valence-corrected chi connectivity index (χ0v) is 8.16. The molecule has 2 N–H and O–H groups in total. The molecule has 68 valence electrons. The molecule has 0 saturated heterocycles. The minimum atomic E-state index is -0.186. The summed E-state index contributed by atoms with van der Waals surface area (Å²) in [7, 11) is 0. The Labute approximate surface area is 77.4 Å². The van der Waals surface area contributed by atoms with Gasteiger partial charge in [0.1, 0.15) is 0 Å². The van der Waals surface area contributed by atoms with Gasteiger partial charge in [-0.25, -0.2) is 0 Å². The number of thioether (sulfide) groups is 1. The molecule has 2 rings (SSSR count). The van der Waals surface area contributed by atoms with E-state index in [1.165, 1.54) is 10.5 Å². The first kappa shape index (κ1) is 8.60. The smallest absolute Gasteiger partial charge is 0.0806 e. The van der Waals surface area contributed by atoms with E-state index in [1.807, 2.05) is 11.8 Å². The Morgan fingerprint density at radius 1 is 1.58 bits per heavy atom. The molecule has 0 aromatic carbocycles. The molecule has 2 atom stereocenters. The lowest BCUT2D eigenvalue weighted by molar-refractivity contribution is 0.156. The summed E-state index contributed by atoms with van der Waals surface area (Å²) in [4.78, 5) is 1.44. The molecule has 0 saturated carbocycles. The molecular formula is C9H15NOS. The highest BCUT2D eigenvalue weighted by molar-refractivity contribution is 8.03. The molecule has 0 fully saturated rings. The Hall–Kier alpha value is 0.01000. The lowest BCUT2D eigenvalue weighted by Gasteiger charge is -2.32. The topological polar surface area (TPSA) is 32.3 Å². The number of aliphatic hydroxyl groups is 1. The first-order chi connectivity index (χ1) is 5.79. The first-order valence-electron chi connectivity index (χ1n) is 4.52. The minimum absolute atomic E-state index is 0.186. The number of aliphatic hydroxyl groups excluding tert-OH is 1. The summed E-state index contributed by atoms with van der Waals surface area (Å²) >= 11 is 1.94. The molecule has 0 amide bonds. The SMILES string of the molecule is CC1CSC2=C(CNCC2)C1O. The summed E-state index contributed by atoms with van der Waals surface area (Å²) < 4.78 is 0. The molecule has 2 nitrogen and oxygen atoms in total. The maximum atomic E-state index is 9.86. The van der Waals surface area contributed by atoms with Crippen molar-refractivity contribution in [2.24, 2.45) is 5.92 Å². The average molecular weight is 185 g/mol. The lowest BCUT2D eigenvalue weighted by atomic mass is 9.95. The summed E-state index contributed by atoms with van der Waals surface area (Å²) in [5.41, 5.74) is 1.25. The van der Waals surface area contributed by atoms with E-state index in [0.29, 0.717) is 5.92 Å². The van der Waals surface area contributed by atoms with Crippen molar-refractivity contribution in [1.29, 1.82) is 0 Å². The second-order valence-electron chi connectivity index (χ2n) is 3.61. The molecule has 2 aliphatic rings. The lowest BCUT2D eigenvalue weighted by Crippen LogP contribution is -2.36. The maximum absolute atomic E-state index is 9.86. The molecule has 2 aliphatic heterocycles. The fraction of sp³-hybridized carbons (Fsp3) is 0.778. The Morgan fingerprint density at radius 2 is 2.42 bits per heavy atom. The summed E-state index contributed by atoms with van der Waals surface area (Å²) in [5, 5.41) is 13.2. The van der Waals surface area contributed by atoms with E-state index < -0.39 is 0 Å². The second kappa shape index (κ2) is 3.40. The van der Waals surface area contributed by atoms with Gasteiger partial charge in [0.05, 0.1) is 6.10 Å². The van der Waals surface area contributed by atoms with Gasteiger partial charge >= 0.3 is 0 Å². The van der Waals surface area contributed by atoms with Crippen LogP contribution in [0.15, 0.2) is 10.5 Å². The van der Waals surface area contributed by atoms with Crippen LogP contribution in [0.1, 0.15) is 13.3 Å². The normalized spacial score (nSPS) is 36.5. The van der Waals surface area contributed by atoms with Gasteiger partial charge in [-0.2, -0.15) is 0 Å². The van der Waals surface area contributed by atoms with Crippen LogP contribution in [0, 0.1) is 5.92 Å². The third kappa shape index (κ3) is 1.41. The van der Waals surface area contributed by atoms with Crippen LogP contribution in [0.25, 0.3) is 0 Å². The van der Waals surface area contributed by atoms with Gasteiger partial charge in [-0.3, -0.25) is 0 Å². The Balaban J connectivity index is 2.22. The molecule has 0 aliphatic carbocycles. The van der Waals surface area contributed by atoms with Crippen molar-refractivity contribution in [3.8, 4) is 0 Å². The largest absolute Gasteiger partial charge is 0.388 e. The Bertz CT molecular complexity index is 215. The van der Waals surface area contributed by atoms with Crippen molar-refractivity contribution in [3.63, 3.8) is 0 Å². The second-order valence-corrected chi connectivity index (χ2v) is 4.72. The fourth-order valence-electron chi connectivity index (χ4n) is 1.79. The molecule has 0 aromatic rings. The quantitative estimate of drug-likeness (QED) is 0.590. The summed E-state index contributed by atoms with van der Waals surface area (Å²) in [6, 6.07) is 0. The van der Waals surface area contributed by atoms with E-state index >= 15 is 0 Å². The minimum Gasteiger partial charge on any atom is -0.388 e. The zero-order chi connectivity index (χ0) is 8.55. The molecule has 3 heteroatoms. The number of rotatable bonds is 0. The van der Waals surface area contributed by atoms with Gasteiger partial charge in [0.15, 0.2) is 0 Å². The van der Waals surface area contributed by atoms with Crippen molar-refractivity contribution in [1.82, 2.24) is 5.32 Å². The van der Waals surface area contributed by atoms with E-state index in [0.717, 1.165) is 25.3 Å². The molecule has 0 aromatic heterocycles. The number of hydrogen-bond acceptors (Lipinski definition) is 3. The summed E-state index contributed by atoms with van der Waals surface area (Å²) in [6.45, 7) is 4.09. The maximum Gasteiger partial charge on any atom is 0.0806 e. The van der Waals surface area contributed by atoms with Crippen LogP contribution in [0.5, 0.6) is 0 Å². The van der Waals surface area contributed by atoms with Crippen LogP contribution < -0.4 is 5.32 Å². The summed E-state index contributed by atoms with van der Waals surface area (Å²) in [5.74, 6) is 1.51. The highest BCUT2D eigenvalue weighted by Gasteiger charge is 2.28. The van der Waals surface area contributed by atoms with E-state index in [9.17, 15) is 5.11 Å². The van der Waals surface area contributed by atoms with Gasteiger partial charge in [-0.1, -0.05) is 6.92 Å². The summed E-state index contributed by atoms with van der Waals surface area (Å²) in [6.07, 6.45) is 0.929. The molecule has 12 heavy (non-hydrogen) atoms. The van der Waals surface area contributed by atoms with E-state index in [1.54, 1.807) is 0 Å². The average Bonchev–Trinajstić information content (AvgIpc) is 2.12. The van der Waals surface area contributed by atoms with E-state index in [4.69, 9.17) is 0 Å². The van der Waals surface area contributed by atoms with Gasteiger partial charge in [-0.05, 0) is 29.4 Å². The molecule has 0 bridgehead atoms. The van der Waals surface area contributed by atoms with Crippen molar-refractivity contribution in [2.45, 2.75) is 19.4 Å². The molecule has 0 spiro atoms. The third-order valence-corrected chi connectivity index (χ3v) is 4.13. The number of hydrogen-bond donors (Lipinski definition) is 2. The molecule has 2 unspecified atom stereocenters. The van der Waals surface area contributed by atoms with Crippen LogP contribution in [-0.2, 0) is 0 Å². The van der Waals surface area contributed by atoms with Crippen molar-refractivity contribution < 1.29 is 5.11 Å². The van der Waals surface area contributed by atoms with Crippen LogP contribution in [0.3, 0.4) is 0 Å². The third-order valence-electron chi connectivity index (χ3n) is 2.62. The van der Waals surface area contributed by atoms with Crippen LogP contribution in [0.2, 0.25) is 0 Å². The molecule has 0 radical (unpaired) electrons. The standard InChI is InChI=1S/C9H15NOS/c1-6-5-12-8-2-3-10-4-7(8)9(6)11/h6,9-11H,2-5H2,1H3. The van der Waals surface area contributed by atoms with Crippen LogP contribution >= 0.6 is 11.8 Å². The Kier molecular flexibility index (Phi) is 2.44. The Morgan fingerprint density at radius 3 is 3.25 bits per heavy atom. The molecule has 2 heterocycles. The van der Waals surface area contributed by atoms with Crippen molar-refractivity contribution in [2.75, 3.05) is 18.8 Å². The van der Waals surface area contributed by atoms with Crippen molar-refractivity contribution in [3.05, 3.63) is 10.5 Å². The van der Waals surface area contributed by atoms with Gasteiger partial charge in [0.2, 0.25) is 0 Å². The highest BCUT2D eigenvalue weighted by atomic mass is 32.2. The highest BCUT2D eigenvalue weighted by Crippen LogP contribution is 2.36. The zero-order valence-electron chi connectivity index (χ0n) is 7.34. The van der Waals surface area contributed by atoms with E-state index in [2.05, 4.69) is 12.2 Å². The number of nitrogens with one attached hydrogen (secondary N) is 1. The van der Waals surface area contributed by atoms with Crippen LogP contribution in [0.4, 0.5) is 0 Å². The van der Waals surface area contributed by atoms with Gasteiger partial charge in [-0.15, -0.1) is 11.8 Å². The first-order valence-corrected chi connectivity index (χ1v) is 5.51. The van der Waals surface area contributed by atoms with Gasteiger partial charge in [0.25, 0.3) is 0 Å². The van der Waals surface area contributed by atoms with Crippen molar-refractivity contribution >= 4 is 11.8 Å². The van der Waals surface area contributed by atoms with E-state index in [-0.39, 0.29) is 6.10 Å². The molecular weight excluding hydrogens is 170 g/mol. The van der Waals surface area contributed by atoms with Crippen LogP contribution in [-0.4, -0.2) is 30.1 Å². The van der Waals surface area contributed by atoms with Gasteiger partial charge < -0.3 is 10.4 Å². The predicted octanol–water partition coefficient (Wildman–Crippen LogP) is 0.978. The van der Waals surface area contributed by atoms with Gasteiger partial charge in [0, 0.05) is 12.3 Å². The predicted molar refractivity (Wildman–Crippen MR) is 52.1 cm³/mol. The fourth-order valence-corrected chi connectivity index (χ4v) is 3.06. The monoisotopic (exact) mass is 185 g/mol.